The molecule has 0 aliphatic heterocycles. The number of likely N-dealkylation sites (N-methyl/N-ethyl adjacent to an activating group) is 2. The van der Waals surface area contributed by atoms with Crippen LogP contribution in [0.3, 0.4) is 0 Å². The summed E-state index contributed by atoms with van der Waals surface area (Å²) in [5.41, 5.74) is 0.757. The van der Waals surface area contributed by atoms with Crippen LogP contribution in [0, 0.1) is 34.4 Å². The average Bonchev–Trinajstić information content (AvgIpc) is 3.64. The smallest absolute Gasteiger partial charge is 0.248 e. The van der Waals surface area contributed by atoms with Gasteiger partial charge in [0.1, 0.15) is 19.0 Å². The first kappa shape index (κ1) is 32.0. The van der Waals surface area contributed by atoms with E-state index in [1.165, 1.54) is 25.0 Å². The topological polar surface area (TPSA) is 81.1 Å². The van der Waals surface area contributed by atoms with Crippen molar-refractivity contribution < 1.29 is 24.2 Å². The molecule has 2 unspecified atom stereocenters. The Labute approximate surface area is 217 Å². The third-order valence-corrected chi connectivity index (χ3v) is 8.56. The van der Waals surface area contributed by atoms with Crippen LogP contribution in [0.5, 0.6) is 0 Å². The van der Waals surface area contributed by atoms with Crippen LogP contribution >= 0.6 is 0 Å². The highest BCUT2D eigenvalue weighted by molar-refractivity contribution is 5.77. The molecular formula is C29H49FN2O4. The molecular weight excluding hydrogens is 459 g/mol. The number of halogens is 1. The molecule has 2 atom stereocenters. The van der Waals surface area contributed by atoms with E-state index in [9.17, 15) is 14.0 Å². The number of nitrogens with zero attached hydrogens (tertiary/aromatic N) is 2. The number of aliphatic hydroxyl groups excluding tert-OH is 2. The highest BCUT2D eigenvalue weighted by Gasteiger charge is 2.46. The van der Waals surface area contributed by atoms with Crippen molar-refractivity contribution in [3.8, 4) is 0 Å². The second-order valence-electron chi connectivity index (χ2n) is 12.0. The molecule has 0 saturated heterocycles. The fourth-order valence-corrected chi connectivity index (χ4v) is 4.81. The SMILES string of the molecule is CC(C)C(C)(C)C(C1CC1)N(C)C(=O)CO.CC(C)C(C)(C)C(c1ccc(F)cc1)N(C)C(=O)CO. The van der Waals surface area contributed by atoms with Crippen molar-refractivity contribution >= 4 is 11.8 Å². The molecule has 0 spiro atoms. The van der Waals surface area contributed by atoms with Crippen LogP contribution < -0.4 is 0 Å². The van der Waals surface area contributed by atoms with Crippen molar-refractivity contribution in [2.45, 2.75) is 80.3 Å². The number of carbonyl (C=O) groups is 2. The second kappa shape index (κ2) is 13.0. The van der Waals surface area contributed by atoms with Crippen molar-refractivity contribution in [2.24, 2.45) is 28.6 Å². The zero-order chi connectivity index (χ0) is 28.0. The number of hydrogen-bond donors (Lipinski definition) is 2. The van der Waals surface area contributed by atoms with Gasteiger partial charge in [-0.2, -0.15) is 0 Å². The van der Waals surface area contributed by atoms with Gasteiger partial charge < -0.3 is 20.0 Å². The van der Waals surface area contributed by atoms with Crippen LogP contribution in [0.4, 0.5) is 4.39 Å². The summed E-state index contributed by atoms with van der Waals surface area (Å²) < 4.78 is 13.1. The lowest BCUT2D eigenvalue weighted by molar-refractivity contribution is -0.139. The van der Waals surface area contributed by atoms with Crippen LogP contribution in [0.1, 0.15) is 79.8 Å². The first-order chi connectivity index (χ1) is 16.5. The summed E-state index contributed by atoms with van der Waals surface area (Å²) in [4.78, 5) is 26.8. The summed E-state index contributed by atoms with van der Waals surface area (Å²) in [6.07, 6.45) is 2.42. The van der Waals surface area contributed by atoms with E-state index in [1.807, 2.05) is 7.05 Å². The number of aliphatic hydroxyl groups is 2. The predicted molar refractivity (Wildman–Crippen MR) is 143 cm³/mol. The van der Waals surface area contributed by atoms with Crippen LogP contribution in [0.15, 0.2) is 24.3 Å². The number of hydrogen-bond acceptors (Lipinski definition) is 4. The van der Waals surface area contributed by atoms with E-state index in [-0.39, 0.29) is 47.2 Å². The molecule has 0 aromatic heterocycles. The number of rotatable bonds is 10. The lowest BCUT2D eigenvalue weighted by Gasteiger charge is -2.43. The summed E-state index contributed by atoms with van der Waals surface area (Å²) in [5.74, 6) is 0.654. The Morgan fingerprint density at radius 3 is 1.64 bits per heavy atom. The molecule has 0 heterocycles. The molecule has 2 amide bonds. The van der Waals surface area contributed by atoms with E-state index in [1.54, 1.807) is 29.0 Å². The Hall–Kier alpha value is -1.99. The molecule has 36 heavy (non-hydrogen) atoms. The van der Waals surface area contributed by atoms with Gasteiger partial charge in [-0.1, -0.05) is 67.5 Å². The third kappa shape index (κ3) is 7.75. The summed E-state index contributed by atoms with van der Waals surface area (Å²) in [5, 5.41) is 18.1. The van der Waals surface area contributed by atoms with Gasteiger partial charge >= 0.3 is 0 Å². The van der Waals surface area contributed by atoms with E-state index in [0.29, 0.717) is 17.8 Å². The molecule has 7 heteroatoms. The van der Waals surface area contributed by atoms with Crippen molar-refractivity contribution in [1.29, 1.82) is 0 Å². The number of carbonyl (C=O) groups excluding carboxylic acids is 2. The van der Waals surface area contributed by atoms with Gasteiger partial charge in [-0.15, -0.1) is 0 Å². The van der Waals surface area contributed by atoms with Crippen molar-refractivity contribution in [2.75, 3.05) is 27.3 Å². The molecule has 1 aromatic rings. The molecule has 1 aliphatic carbocycles. The zero-order valence-electron chi connectivity index (χ0n) is 24.0. The molecule has 0 radical (unpaired) electrons. The first-order valence-electron chi connectivity index (χ1n) is 13.0. The van der Waals surface area contributed by atoms with Gasteiger partial charge in [-0.05, 0) is 59.1 Å². The van der Waals surface area contributed by atoms with Gasteiger partial charge in [0.25, 0.3) is 0 Å². The Morgan fingerprint density at radius 2 is 1.28 bits per heavy atom. The minimum atomic E-state index is -0.525. The average molecular weight is 509 g/mol. The number of benzene rings is 1. The predicted octanol–water partition coefficient (Wildman–Crippen LogP) is 4.90. The van der Waals surface area contributed by atoms with Gasteiger partial charge in [-0.25, -0.2) is 4.39 Å². The molecule has 2 rings (SSSR count). The van der Waals surface area contributed by atoms with Gasteiger partial charge in [0.15, 0.2) is 0 Å². The van der Waals surface area contributed by atoms with Gasteiger partial charge in [0, 0.05) is 20.1 Å². The fourth-order valence-electron chi connectivity index (χ4n) is 4.81. The number of amides is 2. The second-order valence-corrected chi connectivity index (χ2v) is 12.0. The van der Waals surface area contributed by atoms with E-state index < -0.39 is 6.61 Å². The van der Waals surface area contributed by atoms with Crippen molar-refractivity contribution in [3.63, 3.8) is 0 Å². The first-order valence-corrected chi connectivity index (χ1v) is 13.0. The summed E-state index contributed by atoms with van der Waals surface area (Å²) in [6.45, 7) is 16.3. The lowest BCUT2D eigenvalue weighted by atomic mass is 9.71. The van der Waals surface area contributed by atoms with Crippen molar-refractivity contribution in [1.82, 2.24) is 9.80 Å². The monoisotopic (exact) mass is 508 g/mol. The standard InChI is InChI=1S/C16H24FNO2.C13H25NO2/c1-11(2)16(3,4)15(18(5)14(20)10-19)12-6-8-13(17)9-7-12;1-9(2)13(3,4)12(10-6-7-10)14(5)11(16)8-15/h6-9,11,15,19H,10H2,1-5H3;9-10,12,15H,6-8H2,1-5H3. The minimum absolute atomic E-state index is 0.0980. The van der Waals surface area contributed by atoms with Gasteiger partial charge in [0.2, 0.25) is 11.8 Å². The van der Waals surface area contributed by atoms with E-state index in [4.69, 9.17) is 10.2 Å². The van der Waals surface area contributed by atoms with Crippen LogP contribution in [0.25, 0.3) is 0 Å². The highest BCUT2D eigenvalue weighted by atomic mass is 19.1. The fraction of sp³-hybridized carbons (Fsp3) is 0.724. The molecule has 0 bridgehead atoms. The summed E-state index contributed by atoms with van der Waals surface area (Å²) in [6, 6.07) is 6.23. The Bertz CT molecular complexity index is 847. The molecule has 1 aromatic carbocycles. The van der Waals surface area contributed by atoms with Gasteiger partial charge in [0.05, 0.1) is 6.04 Å². The molecule has 1 saturated carbocycles. The third-order valence-electron chi connectivity index (χ3n) is 8.56. The summed E-state index contributed by atoms with van der Waals surface area (Å²) >= 11 is 0. The maximum atomic E-state index is 13.1. The minimum Gasteiger partial charge on any atom is -0.387 e. The van der Waals surface area contributed by atoms with E-state index in [2.05, 4.69) is 55.4 Å². The highest BCUT2D eigenvalue weighted by Crippen LogP contribution is 2.46. The molecule has 206 valence electrons. The normalized spacial score (nSPS) is 15.8. The van der Waals surface area contributed by atoms with Gasteiger partial charge in [-0.3, -0.25) is 9.59 Å². The maximum Gasteiger partial charge on any atom is 0.248 e. The van der Waals surface area contributed by atoms with Crippen LogP contribution in [0.2, 0.25) is 0 Å². The molecule has 6 nitrogen and oxygen atoms in total. The van der Waals surface area contributed by atoms with E-state index >= 15 is 0 Å². The largest absolute Gasteiger partial charge is 0.387 e. The lowest BCUT2D eigenvalue weighted by Crippen LogP contribution is -2.50. The molecule has 2 N–H and O–H groups in total. The Morgan fingerprint density at radius 1 is 0.861 bits per heavy atom. The van der Waals surface area contributed by atoms with Crippen molar-refractivity contribution in [3.05, 3.63) is 35.6 Å². The summed E-state index contributed by atoms with van der Waals surface area (Å²) in [7, 11) is 3.50. The maximum absolute atomic E-state index is 13.1. The molecule has 1 aliphatic rings. The Kier molecular flexibility index (Phi) is 11.6. The molecule has 1 fully saturated rings. The zero-order valence-corrected chi connectivity index (χ0v) is 24.0. The van der Waals surface area contributed by atoms with Crippen LogP contribution in [-0.4, -0.2) is 65.2 Å². The Balaban J connectivity index is 0.000000369. The quantitative estimate of drug-likeness (QED) is 0.471. The van der Waals surface area contributed by atoms with Crippen LogP contribution in [-0.2, 0) is 9.59 Å². The van der Waals surface area contributed by atoms with E-state index in [0.717, 1.165) is 5.56 Å².